The number of carbonyl (C=O) groups excluding carboxylic acids is 3. The summed E-state index contributed by atoms with van der Waals surface area (Å²) in [4.78, 5) is 35.9. The molecule has 24 heavy (non-hydrogen) atoms. The van der Waals surface area contributed by atoms with E-state index in [0.29, 0.717) is 18.6 Å². The van der Waals surface area contributed by atoms with Gasteiger partial charge in [-0.3, -0.25) is 9.59 Å². The SMILES string of the molecule is CSCC[C@H](NC(=O)OC(C)(C)C)C(=O)N[C@H](CC(C)C)C(N)=O. The van der Waals surface area contributed by atoms with Crippen LogP contribution in [0.25, 0.3) is 0 Å². The average molecular weight is 362 g/mol. The van der Waals surface area contributed by atoms with E-state index in [4.69, 9.17) is 10.5 Å². The second kappa shape index (κ2) is 10.4. The van der Waals surface area contributed by atoms with Crippen LogP contribution in [0.5, 0.6) is 0 Å². The molecule has 0 saturated carbocycles. The summed E-state index contributed by atoms with van der Waals surface area (Å²) in [6, 6.07) is -1.53. The molecule has 0 radical (unpaired) electrons. The van der Waals surface area contributed by atoms with Gasteiger partial charge in [-0.1, -0.05) is 13.8 Å². The molecule has 0 rings (SSSR count). The molecular weight excluding hydrogens is 330 g/mol. The molecule has 8 heteroatoms. The van der Waals surface area contributed by atoms with Gasteiger partial charge in [0, 0.05) is 0 Å². The van der Waals surface area contributed by atoms with Gasteiger partial charge in [-0.25, -0.2) is 4.79 Å². The van der Waals surface area contributed by atoms with Crippen molar-refractivity contribution in [2.24, 2.45) is 11.7 Å². The van der Waals surface area contributed by atoms with Crippen molar-refractivity contribution in [3.8, 4) is 0 Å². The third-order valence-electron chi connectivity index (χ3n) is 2.99. The normalized spacial score (nSPS) is 14.0. The maximum atomic E-state index is 12.4. The lowest BCUT2D eigenvalue weighted by Gasteiger charge is -2.25. The van der Waals surface area contributed by atoms with Gasteiger partial charge >= 0.3 is 6.09 Å². The summed E-state index contributed by atoms with van der Waals surface area (Å²) < 4.78 is 5.19. The quantitative estimate of drug-likeness (QED) is 0.578. The fourth-order valence-corrected chi connectivity index (χ4v) is 2.42. The summed E-state index contributed by atoms with van der Waals surface area (Å²) in [6.45, 7) is 9.11. The van der Waals surface area contributed by atoms with E-state index in [9.17, 15) is 14.4 Å². The second-order valence-electron chi connectivity index (χ2n) is 7.07. The number of hydrogen-bond donors (Lipinski definition) is 3. The van der Waals surface area contributed by atoms with E-state index in [0.717, 1.165) is 0 Å². The number of alkyl carbamates (subject to hydrolysis) is 1. The minimum Gasteiger partial charge on any atom is -0.444 e. The molecule has 0 fully saturated rings. The first-order chi connectivity index (χ1) is 11.0. The van der Waals surface area contributed by atoms with E-state index in [-0.39, 0.29) is 5.92 Å². The van der Waals surface area contributed by atoms with Crippen LogP contribution in [-0.4, -0.2) is 47.6 Å². The molecule has 7 nitrogen and oxygen atoms in total. The molecule has 0 aliphatic rings. The van der Waals surface area contributed by atoms with Crippen molar-refractivity contribution < 1.29 is 19.1 Å². The molecule has 0 aliphatic heterocycles. The summed E-state index contributed by atoms with van der Waals surface area (Å²) in [6.07, 6.45) is 2.12. The van der Waals surface area contributed by atoms with Crippen molar-refractivity contribution in [3.63, 3.8) is 0 Å². The van der Waals surface area contributed by atoms with Crippen LogP contribution in [0.4, 0.5) is 4.79 Å². The zero-order valence-electron chi connectivity index (χ0n) is 15.5. The molecular formula is C16H31N3O4S. The van der Waals surface area contributed by atoms with Crippen LogP contribution in [0.2, 0.25) is 0 Å². The number of nitrogens with one attached hydrogen (secondary N) is 2. The van der Waals surface area contributed by atoms with Crippen LogP contribution in [-0.2, 0) is 14.3 Å². The van der Waals surface area contributed by atoms with Crippen molar-refractivity contribution in [1.82, 2.24) is 10.6 Å². The minimum absolute atomic E-state index is 0.200. The molecule has 0 aromatic heterocycles. The Bertz CT molecular complexity index is 436. The first-order valence-corrected chi connectivity index (χ1v) is 9.43. The van der Waals surface area contributed by atoms with Crippen LogP contribution in [0.3, 0.4) is 0 Å². The van der Waals surface area contributed by atoms with Gasteiger partial charge in [-0.05, 0) is 51.5 Å². The first-order valence-electron chi connectivity index (χ1n) is 8.04. The number of carbonyl (C=O) groups is 3. The van der Waals surface area contributed by atoms with Crippen LogP contribution >= 0.6 is 11.8 Å². The number of amides is 3. The minimum atomic E-state index is -0.777. The maximum Gasteiger partial charge on any atom is 0.408 e. The fourth-order valence-electron chi connectivity index (χ4n) is 1.94. The summed E-state index contributed by atoms with van der Waals surface area (Å²) in [5.74, 6) is -0.136. The zero-order valence-corrected chi connectivity index (χ0v) is 16.3. The molecule has 4 N–H and O–H groups in total. The Labute approximate surface area is 148 Å². The fraction of sp³-hybridized carbons (Fsp3) is 0.812. The van der Waals surface area contributed by atoms with Crippen LogP contribution in [0.15, 0.2) is 0 Å². The highest BCUT2D eigenvalue weighted by molar-refractivity contribution is 7.98. The average Bonchev–Trinajstić information content (AvgIpc) is 2.39. The molecule has 0 bridgehead atoms. The number of thioether (sulfide) groups is 1. The van der Waals surface area contributed by atoms with Gasteiger partial charge < -0.3 is 21.1 Å². The molecule has 0 heterocycles. The predicted octanol–water partition coefficient (Wildman–Crippen LogP) is 1.65. The van der Waals surface area contributed by atoms with Gasteiger partial charge in [0.15, 0.2) is 0 Å². The van der Waals surface area contributed by atoms with Crippen molar-refractivity contribution in [2.45, 2.75) is 65.1 Å². The Balaban J connectivity index is 4.91. The highest BCUT2D eigenvalue weighted by Crippen LogP contribution is 2.09. The second-order valence-corrected chi connectivity index (χ2v) is 8.06. The van der Waals surface area contributed by atoms with Gasteiger partial charge in [0.1, 0.15) is 17.7 Å². The van der Waals surface area contributed by atoms with Crippen LogP contribution in [0.1, 0.15) is 47.5 Å². The van der Waals surface area contributed by atoms with Gasteiger partial charge in [-0.2, -0.15) is 11.8 Å². The Hall–Kier alpha value is -1.44. The molecule has 140 valence electrons. The lowest BCUT2D eigenvalue weighted by molar-refractivity contribution is -0.129. The number of ether oxygens (including phenoxy) is 1. The summed E-state index contributed by atoms with van der Waals surface area (Å²) in [7, 11) is 0. The Morgan fingerprint density at radius 1 is 1.12 bits per heavy atom. The van der Waals surface area contributed by atoms with E-state index in [1.165, 1.54) is 0 Å². The van der Waals surface area contributed by atoms with E-state index < -0.39 is 35.6 Å². The highest BCUT2D eigenvalue weighted by atomic mass is 32.2. The summed E-state index contributed by atoms with van der Waals surface area (Å²) in [5.41, 5.74) is 4.69. The largest absolute Gasteiger partial charge is 0.444 e. The standard InChI is InChI=1S/C16H31N3O4S/c1-10(2)9-12(13(17)20)18-14(21)11(7-8-24-6)19-15(22)23-16(3,4)5/h10-12H,7-9H2,1-6H3,(H2,17,20)(H,18,21)(H,19,22)/t11-,12+/m0/s1. The van der Waals surface area contributed by atoms with Crippen molar-refractivity contribution >= 4 is 29.7 Å². The zero-order chi connectivity index (χ0) is 18.9. The third kappa shape index (κ3) is 10.4. The monoisotopic (exact) mass is 361 g/mol. The topological polar surface area (TPSA) is 111 Å². The Kier molecular flexibility index (Phi) is 9.80. The molecule has 0 spiro atoms. The van der Waals surface area contributed by atoms with Crippen molar-refractivity contribution in [1.29, 1.82) is 0 Å². The first kappa shape index (κ1) is 22.6. The summed E-state index contributed by atoms with van der Waals surface area (Å²) >= 11 is 1.56. The number of hydrogen-bond acceptors (Lipinski definition) is 5. The highest BCUT2D eigenvalue weighted by Gasteiger charge is 2.27. The summed E-state index contributed by atoms with van der Waals surface area (Å²) in [5, 5.41) is 5.20. The predicted molar refractivity (Wildman–Crippen MR) is 96.7 cm³/mol. The van der Waals surface area contributed by atoms with Crippen LogP contribution in [0, 0.1) is 5.92 Å². The Morgan fingerprint density at radius 2 is 1.71 bits per heavy atom. The number of nitrogens with two attached hydrogens (primary N) is 1. The van der Waals surface area contributed by atoms with Crippen LogP contribution < -0.4 is 16.4 Å². The smallest absolute Gasteiger partial charge is 0.408 e. The lowest BCUT2D eigenvalue weighted by atomic mass is 10.0. The molecule has 0 aromatic carbocycles. The third-order valence-corrected chi connectivity index (χ3v) is 3.63. The number of primary amides is 1. The maximum absolute atomic E-state index is 12.4. The number of rotatable bonds is 9. The molecule has 0 aliphatic carbocycles. The Morgan fingerprint density at radius 3 is 2.12 bits per heavy atom. The van der Waals surface area contributed by atoms with E-state index in [1.54, 1.807) is 32.5 Å². The molecule has 0 aromatic rings. The van der Waals surface area contributed by atoms with Crippen molar-refractivity contribution in [3.05, 3.63) is 0 Å². The molecule has 0 saturated heterocycles. The van der Waals surface area contributed by atoms with E-state index in [2.05, 4.69) is 10.6 Å². The van der Waals surface area contributed by atoms with Crippen molar-refractivity contribution in [2.75, 3.05) is 12.0 Å². The van der Waals surface area contributed by atoms with Gasteiger partial charge in [0.25, 0.3) is 0 Å². The van der Waals surface area contributed by atoms with Gasteiger partial charge in [0.2, 0.25) is 11.8 Å². The van der Waals surface area contributed by atoms with Gasteiger partial charge in [-0.15, -0.1) is 0 Å². The van der Waals surface area contributed by atoms with E-state index in [1.807, 2.05) is 20.1 Å². The molecule has 2 atom stereocenters. The molecule has 0 unspecified atom stereocenters. The van der Waals surface area contributed by atoms with E-state index >= 15 is 0 Å². The lowest BCUT2D eigenvalue weighted by Crippen LogP contribution is -2.54. The molecule has 3 amide bonds. The van der Waals surface area contributed by atoms with Gasteiger partial charge in [0.05, 0.1) is 0 Å².